The molecule has 0 aromatic carbocycles. The number of guanidine groups is 1. The standard InChI is InChI=1S/C9H10IN5O2/c10-8-2-1-7(5-12-8)6-14-4-3-11-9(14)13-15(16)17/h1-2,5H,3-4,6H2,(H,11,13). The quantitative estimate of drug-likeness (QED) is 0.376. The summed E-state index contributed by atoms with van der Waals surface area (Å²) in [5.41, 5.74) is 1.00. The Bertz CT molecular complexity index is 447. The third-order valence-corrected chi connectivity index (χ3v) is 2.94. The summed E-state index contributed by atoms with van der Waals surface area (Å²) in [5.74, 6) is 0.313. The van der Waals surface area contributed by atoms with Gasteiger partial charge in [0.25, 0.3) is 5.96 Å². The molecule has 8 heteroatoms. The van der Waals surface area contributed by atoms with Crippen molar-refractivity contribution in [2.45, 2.75) is 6.54 Å². The van der Waals surface area contributed by atoms with E-state index in [-0.39, 0.29) is 0 Å². The second-order valence-electron chi connectivity index (χ2n) is 3.50. The molecule has 0 radical (unpaired) electrons. The number of hydrazone groups is 1. The second kappa shape index (κ2) is 5.25. The molecule has 0 amide bonds. The molecule has 7 nitrogen and oxygen atoms in total. The van der Waals surface area contributed by atoms with Gasteiger partial charge < -0.3 is 10.2 Å². The maximum absolute atomic E-state index is 10.3. The van der Waals surface area contributed by atoms with Crippen molar-refractivity contribution in [1.29, 1.82) is 0 Å². The number of rotatable bonds is 3. The third kappa shape index (κ3) is 3.25. The van der Waals surface area contributed by atoms with Crippen LogP contribution in [0.2, 0.25) is 0 Å². The van der Waals surface area contributed by atoms with E-state index < -0.39 is 5.03 Å². The number of hydrogen-bond donors (Lipinski definition) is 1. The average Bonchev–Trinajstić information content (AvgIpc) is 2.68. The summed E-state index contributed by atoms with van der Waals surface area (Å²) < 4.78 is 0.921. The summed E-state index contributed by atoms with van der Waals surface area (Å²) in [7, 11) is 0. The highest BCUT2D eigenvalue weighted by molar-refractivity contribution is 14.1. The number of hydrogen-bond acceptors (Lipinski definition) is 3. The van der Waals surface area contributed by atoms with Crippen LogP contribution in [0.3, 0.4) is 0 Å². The van der Waals surface area contributed by atoms with Gasteiger partial charge in [-0.15, -0.1) is 0 Å². The molecule has 1 saturated heterocycles. The minimum atomic E-state index is -0.688. The molecule has 1 aromatic heterocycles. The predicted octanol–water partition coefficient (Wildman–Crippen LogP) is 0.639. The van der Waals surface area contributed by atoms with Crippen LogP contribution in [0.25, 0.3) is 0 Å². The molecule has 2 heterocycles. The van der Waals surface area contributed by atoms with Crippen molar-refractivity contribution >= 4 is 28.6 Å². The molecule has 2 rings (SSSR count). The van der Waals surface area contributed by atoms with Gasteiger partial charge in [0.15, 0.2) is 5.03 Å². The molecular formula is C9H10IN5O2. The van der Waals surface area contributed by atoms with E-state index in [0.29, 0.717) is 25.6 Å². The van der Waals surface area contributed by atoms with Gasteiger partial charge in [0.1, 0.15) is 8.80 Å². The first kappa shape index (κ1) is 12.0. The summed E-state index contributed by atoms with van der Waals surface area (Å²) in [6, 6.07) is 3.86. The van der Waals surface area contributed by atoms with Crippen LogP contribution in [0, 0.1) is 13.8 Å². The van der Waals surface area contributed by atoms with E-state index >= 15 is 0 Å². The van der Waals surface area contributed by atoms with E-state index in [4.69, 9.17) is 0 Å². The smallest absolute Gasteiger partial charge is 0.271 e. The minimum absolute atomic E-state index is 0.313. The van der Waals surface area contributed by atoms with Gasteiger partial charge in [0.05, 0.1) is 0 Å². The number of nitro groups is 1. The van der Waals surface area contributed by atoms with Crippen LogP contribution in [0.5, 0.6) is 0 Å². The topological polar surface area (TPSA) is 83.7 Å². The van der Waals surface area contributed by atoms with Gasteiger partial charge in [0, 0.05) is 25.8 Å². The molecule has 1 N–H and O–H groups in total. The Balaban J connectivity index is 2.07. The van der Waals surface area contributed by atoms with Crippen molar-refractivity contribution < 1.29 is 5.03 Å². The lowest BCUT2D eigenvalue weighted by Crippen LogP contribution is -2.30. The van der Waals surface area contributed by atoms with Gasteiger partial charge >= 0.3 is 0 Å². The predicted molar refractivity (Wildman–Crippen MR) is 69.8 cm³/mol. The molecule has 0 bridgehead atoms. The summed E-state index contributed by atoms with van der Waals surface area (Å²) >= 11 is 2.13. The van der Waals surface area contributed by atoms with E-state index in [2.05, 4.69) is 38.0 Å². The Morgan fingerprint density at radius 1 is 1.65 bits per heavy atom. The van der Waals surface area contributed by atoms with Crippen molar-refractivity contribution in [1.82, 2.24) is 15.2 Å². The fourth-order valence-corrected chi connectivity index (χ4v) is 1.89. The van der Waals surface area contributed by atoms with E-state index in [9.17, 15) is 10.1 Å². The van der Waals surface area contributed by atoms with Crippen LogP contribution in [0.4, 0.5) is 0 Å². The van der Waals surface area contributed by atoms with Gasteiger partial charge in [-0.3, -0.25) is 0 Å². The summed E-state index contributed by atoms with van der Waals surface area (Å²) in [6.45, 7) is 1.95. The lowest BCUT2D eigenvalue weighted by molar-refractivity contribution is -0.485. The highest BCUT2D eigenvalue weighted by atomic mass is 127. The zero-order valence-corrected chi connectivity index (χ0v) is 11.0. The number of nitrogens with one attached hydrogen (secondary N) is 1. The van der Waals surface area contributed by atoms with E-state index in [0.717, 1.165) is 9.26 Å². The number of halogens is 1. The Morgan fingerprint density at radius 2 is 2.47 bits per heavy atom. The first-order valence-electron chi connectivity index (χ1n) is 4.97. The highest BCUT2D eigenvalue weighted by Gasteiger charge is 2.21. The first-order valence-corrected chi connectivity index (χ1v) is 6.05. The molecule has 17 heavy (non-hydrogen) atoms. The molecular weight excluding hydrogens is 337 g/mol. The van der Waals surface area contributed by atoms with Crippen molar-refractivity contribution in [3.63, 3.8) is 0 Å². The van der Waals surface area contributed by atoms with Gasteiger partial charge in [-0.2, -0.15) is 0 Å². The fraction of sp³-hybridized carbons (Fsp3) is 0.333. The molecule has 1 fully saturated rings. The molecule has 1 aliphatic heterocycles. The van der Waals surface area contributed by atoms with Gasteiger partial charge in [0.2, 0.25) is 0 Å². The van der Waals surface area contributed by atoms with Crippen LogP contribution in [0.15, 0.2) is 23.4 Å². The normalized spacial score (nSPS) is 17.2. The first-order chi connectivity index (χ1) is 8.15. The monoisotopic (exact) mass is 347 g/mol. The largest absolute Gasteiger partial charge is 0.349 e. The number of aromatic nitrogens is 1. The Kier molecular flexibility index (Phi) is 3.71. The molecule has 1 aromatic rings. The molecule has 0 spiro atoms. The molecule has 90 valence electrons. The van der Waals surface area contributed by atoms with Crippen molar-refractivity contribution in [2.75, 3.05) is 13.1 Å². The third-order valence-electron chi connectivity index (χ3n) is 2.30. The van der Waals surface area contributed by atoms with Crippen LogP contribution >= 0.6 is 22.6 Å². The van der Waals surface area contributed by atoms with Crippen LogP contribution in [0.1, 0.15) is 5.56 Å². The summed E-state index contributed by atoms with van der Waals surface area (Å²) in [5, 5.41) is 15.8. The number of pyridine rings is 1. The van der Waals surface area contributed by atoms with Gasteiger partial charge in [-0.25, -0.2) is 15.1 Å². The highest BCUT2D eigenvalue weighted by Crippen LogP contribution is 2.08. The van der Waals surface area contributed by atoms with E-state index in [1.54, 1.807) is 6.20 Å². The Hall–Kier alpha value is -1.45. The van der Waals surface area contributed by atoms with Gasteiger partial charge in [-0.05, 0) is 34.2 Å². The zero-order valence-electron chi connectivity index (χ0n) is 8.84. The van der Waals surface area contributed by atoms with Crippen LogP contribution < -0.4 is 5.32 Å². The van der Waals surface area contributed by atoms with Gasteiger partial charge in [-0.1, -0.05) is 6.07 Å². The van der Waals surface area contributed by atoms with Crippen LogP contribution in [-0.2, 0) is 6.54 Å². The maximum Gasteiger partial charge on any atom is 0.271 e. The Labute approximate surface area is 111 Å². The zero-order chi connectivity index (χ0) is 12.3. The molecule has 0 unspecified atom stereocenters. The van der Waals surface area contributed by atoms with E-state index in [1.807, 2.05) is 17.0 Å². The van der Waals surface area contributed by atoms with Crippen LogP contribution in [-0.4, -0.2) is 34.0 Å². The fourth-order valence-electron chi connectivity index (χ4n) is 1.57. The summed E-state index contributed by atoms with van der Waals surface area (Å²) in [4.78, 5) is 16.3. The second-order valence-corrected chi connectivity index (χ2v) is 4.60. The van der Waals surface area contributed by atoms with Crippen molar-refractivity contribution in [2.24, 2.45) is 5.10 Å². The number of nitrogens with zero attached hydrogens (tertiary/aromatic N) is 4. The minimum Gasteiger partial charge on any atom is -0.349 e. The van der Waals surface area contributed by atoms with E-state index in [1.165, 1.54) is 0 Å². The average molecular weight is 347 g/mol. The van der Waals surface area contributed by atoms with Crippen molar-refractivity contribution in [3.8, 4) is 0 Å². The van der Waals surface area contributed by atoms with Crippen molar-refractivity contribution in [3.05, 3.63) is 37.7 Å². The molecule has 0 aliphatic carbocycles. The lowest BCUT2D eigenvalue weighted by atomic mass is 10.3. The lowest BCUT2D eigenvalue weighted by Gasteiger charge is -2.14. The molecule has 1 aliphatic rings. The molecule has 0 atom stereocenters. The maximum atomic E-state index is 10.3. The molecule has 0 saturated carbocycles. The SMILES string of the molecule is O=[N+]([O-])N=C1NCCN1Cc1ccc(I)nc1. The summed E-state index contributed by atoms with van der Waals surface area (Å²) in [6.07, 6.45) is 1.77. The Morgan fingerprint density at radius 3 is 3.12 bits per heavy atom.